The van der Waals surface area contributed by atoms with Crippen molar-refractivity contribution in [1.82, 2.24) is 5.32 Å². The number of nitrogens with one attached hydrogen (secondary N) is 1. The minimum absolute atomic E-state index is 0.157. The van der Waals surface area contributed by atoms with E-state index in [4.69, 9.17) is 9.84 Å². The van der Waals surface area contributed by atoms with Crippen molar-refractivity contribution in [2.45, 2.75) is 32.7 Å². The minimum Gasteiger partial charge on any atom is -0.481 e. The van der Waals surface area contributed by atoms with Crippen LogP contribution in [0.5, 0.6) is 0 Å². The Labute approximate surface area is 101 Å². The number of carbonyl (C=O) groups excluding carboxylic acids is 1. The SMILES string of the molecule is CC1(NC(=O)C2C(C(=O)O)C2(C)C)CCOC1. The van der Waals surface area contributed by atoms with Gasteiger partial charge < -0.3 is 15.2 Å². The van der Waals surface area contributed by atoms with E-state index >= 15 is 0 Å². The first-order valence-electron chi connectivity index (χ1n) is 5.90. The van der Waals surface area contributed by atoms with Gasteiger partial charge in [0.2, 0.25) is 5.91 Å². The van der Waals surface area contributed by atoms with Crippen LogP contribution in [-0.4, -0.2) is 35.7 Å². The summed E-state index contributed by atoms with van der Waals surface area (Å²) in [6.07, 6.45) is 0.781. The summed E-state index contributed by atoms with van der Waals surface area (Å²) in [4.78, 5) is 23.1. The summed E-state index contributed by atoms with van der Waals surface area (Å²) < 4.78 is 5.26. The second kappa shape index (κ2) is 3.70. The van der Waals surface area contributed by atoms with Crippen molar-refractivity contribution in [2.75, 3.05) is 13.2 Å². The van der Waals surface area contributed by atoms with Gasteiger partial charge in [-0.2, -0.15) is 0 Å². The van der Waals surface area contributed by atoms with Gasteiger partial charge >= 0.3 is 5.97 Å². The average molecular weight is 241 g/mol. The minimum atomic E-state index is -0.886. The molecule has 96 valence electrons. The quantitative estimate of drug-likeness (QED) is 0.760. The summed E-state index contributed by atoms with van der Waals surface area (Å²) in [5.41, 5.74) is -0.773. The van der Waals surface area contributed by atoms with Gasteiger partial charge in [-0.3, -0.25) is 9.59 Å². The predicted octanol–water partition coefficient (Wildman–Crippen LogP) is 0.638. The molecule has 1 amide bonds. The van der Waals surface area contributed by atoms with Crippen LogP contribution in [0.4, 0.5) is 0 Å². The van der Waals surface area contributed by atoms with E-state index in [-0.39, 0.29) is 11.4 Å². The number of carboxylic acids is 1. The molecule has 0 spiro atoms. The van der Waals surface area contributed by atoms with Crippen molar-refractivity contribution in [3.63, 3.8) is 0 Å². The Morgan fingerprint density at radius 1 is 1.29 bits per heavy atom. The fraction of sp³-hybridized carbons (Fsp3) is 0.833. The van der Waals surface area contributed by atoms with Gasteiger partial charge in [0.1, 0.15) is 0 Å². The van der Waals surface area contributed by atoms with Crippen LogP contribution in [0.1, 0.15) is 27.2 Å². The van der Waals surface area contributed by atoms with Crippen LogP contribution in [0.2, 0.25) is 0 Å². The van der Waals surface area contributed by atoms with Crippen molar-refractivity contribution in [2.24, 2.45) is 17.3 Å². The molecule has 1 saturated heterocycles. The van der Waals surface area contributed by atoms with Crippen LogP contribution in [0, 0.1) is 17.3 Å². The molecule has 1 aliphatic carbocycles. The highest BCUT2D eigenvalue weighted by Crippen LogP contribution is 2.58. The molecule has 1 aliphatic heterocycles. The van der Waals surface area contributed by atoms with Crippen LogP contribution < -0.4 is 5.32 Å². The Balaban J connectivity index is 2.00. The third kappa shape index (κ3) is 2.04. The number of hydrogen-bond donors (Lipinski definition) is 2. The van der Waals surface area contributed by atoms with Crippen LogP contribution in [0.25, 0.3) is 0 Å². The number of hydrogen-bond acceptors (Lipinski definition) is 3. The smallest absolute Gasteiger partial charge is 0.307 e. The van der Waals surface area contributed by atoms with Gasteiger partial charge in [0, 0.05) is 6.61 Å². The van der Waals surface area contributed by atoms with Crippen molar-refractivity contribution in [3.05, 3.63) is 0 Å². The standard InChI is InChI=1S/C12H19NO4/c1-11(2)7(8(11)10(15)16)9(14)13-12(3)4-5-17-6-12/h7-8H,4-6H2,1-3H3,(H,13,14)(H,15,16). The Hall–Kier alpha value is -1.10. The van der Waals surface area contributed by atoms with Gasteiger partial charge in [0.05, 0.1) is 24.0 Å². The van der Waals surface area contributed by atoms with Crippen LogP contribution in [0.15, 0.2) is 0 Å². The lowest BCUT2D eigenvalue weighted by molar-refractivity contribution is -0.140. The van der Waals surface area contributed by atoms with Gasteiger partial charge in [0.15, 0.2) is 0 Å². The molecule has 0 radical (unpaired) electrons. The molecule has 3 atom stereocenters. The first-order chi connectivity index (χ1) is 7.78. The summed E-state index contributed by atoms with van der Waals surface area (Å²) in [7, 11) is 0. The van der Waals surface area contributed by atoms with Crippen molar-refractivity contribution in [1.29, 1.82) is 0 Å². The van der Waals surface area contributed by atoms with E-state index in [9.17, 15) is 9.59 Å². The monoisotopic (exact) mass is 241 g/mol. The number of ether oxygens (including phenoxy) is 1. The zero-order chi connectivity index (χ0) is 12.8. The average Bonchev–Trinajstić information content (AvgIpc) is 2.53. The Morgan fingerprint density at radius 2 is 1.94 bits per heavy atom. The molecule has 0 bridgehead atoms. The summed E-state index contributed by atoms with van der Waals surface area (Å²) in [5, 5.41) is 12.0. The summed E-state index contributed by atoms with van der Waals surface area (Å²) in [6, 6.07) is 0. The van der Waals surface area contributed by atoms with Crippen LogP contribution >= 0.6 is 0 Å². The van der Waals surface area contributed by atoms with E-state index in [2.05, 4.69) is 5.32 Å². The molecule has 0 aromatic carbocycles. The van der Waals surface area contributed by atoms with Gasteiger partial charge in [-0.15, -0.1) is 0 Å². The van der Waals surface area contributed by atoms with E-state index < -0.39 is 23.2 Å². The van der Waals surface area contributed by atoms with E-state index in [1.54, 1.807) is 0 Å². The molecule has 2 N–H and O–H groups in total. The van der Waals surface area contributed by atoms with Crippen LogP contribution in [0.3, 0.4) is 0 Å². The highest BCUT2D eigenvalue weighted by molar-refractivity contribution is 5.92. The molecule has 5 nitrogen and oxygen atoms in total. The summed E-state index contributed by atoms with van der Waals surface area (Å²) in [6.45, 7) is 6.73. The molecule has 1 heterocycles. The highest BCUT2D eigenvalue weighted by atomic mass is 16.5. The maximum Gasteiger partial charge on any atom is 0.307 e. The van der Waals surface area contributed by atoms with E-state index in [1.165, 1.54) is 0 Å². The van der Waals surface area contributed by atoms with Crippen molar-refractivity contribution < 1.29 is 19.4 Å². The first-order valence-corrected chi connectivity index (χ1v) is 5.90. The molecule has 0 aromatic rings. The molecule has 2 rings (SSSR count). The highest BCUT2D eigenvalue weighted by Gasteiger charge is 2.66. The molecule has 17 heavy (non-hydrogen) atoms. The Morgan fingerprint density at radius 3 is 2.35 bits per heavy atom. The van der Waals surface area contributed by atoms with E-state index in [0.717, 1.165) is 6.42 Å². The first kappa shape index (κ1) is 12.4. The summed E-state index contributed by atoms with van der Waals surface area (Å²) in [5.74, 6) is -2.02. The molecule has 3 unspecified atom stereocenters. The lowest BCUT2D eigenvalue weighted by atomic mass is 10.0. The molecular formula is C12H19NO4. The third-order valence-electron chi connectivity index (χ3n) is 4.02. The maximum absolute atomic E-state index is 12.1. The zero-order valence-electron chi connectivity index (χ0n) is 10.4. The summed E-state index contributed by atoms with van der Waals surface area (Å²) >= 11 is 0. The lowest BCUT2D eigenvalue weighted by Gasteiger charge is -2.23. The molecule has 0 aromatic heterocycles. The molecule has 2 fully saturated rings. The number of carbonyl (C=O) groups is 2. The number of amides is 1. The van der Waals surface area contributed by atoms with Crippen molar-refractivity contribution >= 4 is 11.9 Å². The van der Waals surface area contributed by atoms with Gasteiger partial charge in [-0.05, 0) is 18.8 Å². The van der Waals surface area contributed by atoms with Gasteiger partial charge in [-0.25, -0.2) is 0 Å². The fourth-order valence-electron chi connectivity index (χ4n) is 2.73. The third-order valence-corrected chi connectivity index (χ3v) is 4.02. The molecule has 5 heteroatoms. The maximum atomic E-state index is 12.1. The Bertz CT molecular complexity index is 358. The largest absolute Gasteiger partial charge is 0.481 e. The van der Waals surface area contributed by atoms with Gasteiger partial charge in [-0.1, -0.05) is 13.8 Å². The van der Waals surface area contributed by atoms with Gasteiger partial charge in [0.25, 0.3) is 0 Å². The molecule has 2 aliphatic rings. The predicted molar refractivity (Wildman–Crippen MR) is 60.4 cm³/mol. The van der Waals surface area contributed by atoms with E-state index in [1.807, 2.05) is 20.8 Å². The second-order valence-electron chi connectivity index (χ2n) is 5.97. The second-order valence-corrected chi connectivity index (χ2v) is 5.97. The number of carboxylic acid groups (broad SMARTS) is 1. The number of aliphatic carboxylic acids is 1. The lowest BCUT2D eigenvalue weighted by Crippen LogP contribution is -2.47. The number of rotatable bonds is 3. The van der Waals surface area contributed by atoms with Crippen molar-refractivity contribution in [3.8, 4) is 0 Å². The van der Waals surface area contributed by atoms with Crippen LogP contribution in [-0.2, 0) is 14.3 Å². The molecule has 1 saturated carbocycles. The molecular weight excluding hydrogens is 222 g/mol. The Kier molecular flexibility index (Phi) is 2.69. The normalized spacial score (nSPS) is 38.8. The topological polar surface area (TPSA) is 75.6 Å². The zero-order valence-corrected chi connectivity index (χ0v) is 10.4. The fourth-order valence-corrected chi connectivity index (χ4v) is 2.73. The van der Waals surface area contributed by atoms with E-state index in [0.29, 0.717) is 13.2 Å².